The van der Waals surface area contributed by atoms with Gasteiger partial charge in [-0.2, -0.15) is 0 Å². The molecule has 22 heavy (non-hydrogen) atoms. The van der Waals surface area contributed by atoms with Crippen LogP contribution in [0.25, 0.3) is 11.1 Å². The summed E-state index contributed by atoms with van der Waals surface area (Å²) in [7, 11) is 1.90. The molecule has 114 valence electrons. The fourth-order valence-electron chi connectivity index (χ4n) is 3.01. The Hall–Kier alpha value is -2.16. The number of pyridine rings is 1. The number of likely N-dealkylation sites (tertiary alicyclic amines) is 1. The summed E-state index contributed by atoms with van der Waals surface area (Å²) < 4.78 is 0. The highest BCUT2D eigenvalue weighted by Gasteiger charge is 2.38. The average molecular weight is 294 g/mol. The second kappa shape index (κ2) is 5.56. The lowest BCUT2D eigenvalue weighted by atomic mass is 9.83. The summed E-state index contributed by atoms with van der Waals surface area (Å²) in [6.07, 6.45) is 3.74. The molecule has 3 rings (SSSR count). The molecule has 1 aliphatic rings. The number of benzene rings is 1. The molecule has 2 aromatic rings. The van der Waals surface area contributed by atoms with Crippen molar-refractivity contribution in [2.24, 2.45) is 0 Å². The van der Waals surface area contributed by atoms with Gasteiger partial charge in [-0.05, 0) is 38.3 Å². The minimum absolute atomic E-state index is 0.0580. The first-order valence-corrected chi connectivity index (χ1v) is 7.78. The molecule has 1 atom stereocenters. The summed E-state index contributed by atoms with van der Waals surface area (Å²) in [5.41, 5.74) is 3.06. The maximum Gasteiger partial charge on any atom is 0.231 e. The molecule has 1 amide bonds. The molecule has 0 aliphatic carbocycles. The molecule has 0 N–H and O–H groups in total. The van der Waals surface area contributed by atoms with Crippen molar-refractivity contribution in [1.29, 1.82) is 0 Å². The van der Waals surface area contributed by atoms with Gasteiger partial charge in [-0.1, -0.05) is 36.4 Å². The Kier molecular flexibility index (Phi) is 3.73. The molecule has 0 saturated carbocycles. The summed E-state index contributed by atoms with van der Waals surface area (Å²) in [6.45, 7) is 4.24. The van der Waals surface area contributed by atoms with E-state index in [1.54, 1.807) is 0 Å². The van der Waals surface area contributed by atoms with Crippen LogP contribution in [0.1, 0.15) is 38.3 Å². The van der Waals surface area contributed by atoms with Crippen LogP contribution in [-0.4, -0.2) is 28.4 Å². The first kappa shape index (κ1) is 14.8. The lowest BCUT2D eigenvalue weighted by Crippen LogP contribution is -2.51. The Labute approximate surface area is 132 Å². The van der Waals surface area contributed by atoms with Gasteiger partial charge in [-0.15, -0.1) is 0 Å². The van der Waals surface area contributed by atoms with E-state index in [1.807, 2.05) is 42.4 Å². The van der Waals surface area contributed by atoms with Crippen molar-refractivity contribution in [2.45, 2.75) is 38.1 Å². The van der Waals surface area contributed by atoms with E-state index in [0.29, 0.717) is 0 Å². The quantitative estimate of drug-likeness (QED) is 0.842. The lowest BCUT2D eigenvalue weighted by molar-refractivity contribution is -0.140. The standard InChI is InChI=1S/C19H22N2O/c1-19(2)12-11-16(18(22)21(19)3)17-10-9-15(13-20-17)14-7-5-4-6-8-14/h4-10,13,16H,11-12H2,1-3H3. The van der Waals surface area contributed by atoms with E-state index in [1.165, 1.54) is 0 Å². The van der Waals surface area contributed by atoms with E-state index >= 15 is 0 Å². The van der Waals surface area contributed by atoms with Gasteiger partial charge in [0.05, 0.1) is 11.6 Å². The second-order valence-corrected chi connectivity index (χ2v) is 6.64. The molecule has 1 unspecified atom stereocenters. The monoisotopic (exact) mass is 294 g/mol. The third-order valence-corrected chi connectivity index (χ3v) is 4.83. The number of carbonyl (C=O) groups is 1. The highest BCUT2D eigenvalue weighted by atomic mass is 16.2. The summed E-state index contributed by atoms with van der Waals surface area (Å²) in [5.74, 6) is 0.0686. The van der Waals surface area contributed by atoms with Crippen LogP contribution < -0.4 is 0 Å². The van der Waals surface area contributed by atoms with Gasteiger partial charge in [-0.25, -0.2) is 0 Å². The SMILES string of the molecule is CN1C(=O)C(c2ccc(-c3ccccc3)cn2)CCC1(C)C. The number of carbonyl (C=O) groups excluding carboxylic acids is 1. The number of aromatic nitrogens is 1. The molecule has 0 radical (unpaired) electrons. The number of likely N-dealkylation sites (N-methyl/N-ethyl adjacent to an activating group) is 1. The fourth-order valence-corrected chi connectivity index (χ4v) is 3.01. The first-order valence-electron chi connectivity index (χ1n) is 7.78. The van der Waals surface area contributed by atoms with Gasteiger partial charge in [0.1, 0.15) is 0 Å². The van der Waals surface area contributed by atoms with Crippen LogP contribution >= 0.6 is 0 Å². The Bertz CT molecular complexity index is 662. The van der Waals surface area contributed by atoms with E-state index in [0.717, 1.165) is 29.7 Å². The highest BCUT2D eigenvalue weighted by molar-refractivity contribution is 5.84. The number of hydrogen-bond acceptors (Lipinski definition) is 2. The van der Waals surface area contributed by atoms with Crippen LogP contribution in [0.15, 0.2) is 48.7 Å². The molecule has 3 nitrogen and oxygen atoms in total. The van der Waals surface area contributed by atoms with Gasteiger partial charge in [-0.3, -0.25) is 9.78 Å². The largest absolute Gasteiger partial charge is 0.340 e. The number of piperidine rings is 1. The van der Waals surface area contributed by atoms with Gasteiger partial charge in [0.25, 0.3) is 0 Å². The molecule has 1 aliphatic heterocycles. The predicted octanol–water partition coefficient (Wildman–Crippen LogP) is 3.86. The van der Waals surface area contributed by atoms with Crippen LogP contribution in [-0.2, 0) is 4.79 Å². The molecule has 2 heterocycles. The van der Waals surface area contributed by atoms with Crippen LogP contribution in [0.3, 0.4) is 0 Å². The predicted molar refractivity (Wildman–Crippen MR) is 88.5 cm³/mol. The van der Waals surface area contributed by atoms with Crippen molar-refractivity contribution in [3.05, 3.63) is 54.4 Å². The zero-order valence-corrected chi connectivity index (χ0v) is 13.4. The third-order valence-electron chi connectivity index (χ3n) is 4.83. The van der Waals surface area contributed by atoms with E-state index < -0.39 is 0 Å². The third kappa shape index (κ3) is 2.63. The Morgan fingerprint density at radius 2 is 1.82 bits per heavy atom. The van der Waals surface area contributed by atoms with Crippen molar-refractivity contribution >= 4 is 5.91 Å². The molecule has 0 spiro atoms. The summed E-state index contributed by atoms with van der Waals surface area (Å²) >= 11 is 0. The van der Waals surface area contributed by atoms with Crippen molar-refractivity contribution < 1.29 is 4.79 Å². The smallest absolute Gasteiger partial charge is 0.231 e. The van der Waals surface area contributed by atoms with Crippen LogP contribution in [0.5, 0.6) is 0 Å². The fraction of sp³-hybridized carbons (Fsp3) is 0.368. The van der Waals surface area contributed by atoms with Gasteiger partial charge >= 0.3 is 0 Å². The molecule has 1 aromatic heterocycles. The van der Waals surface area contributed by atoms with Gasteiger partial charge in [0.2, 0.25) is 5.91 Å². The zero-order chi connectivity index (χ0) is 15.7. The van der Waals surface area contributed by atoms with Crippen LogP contribution in [0.2, 0.25) is 0 Å². The molecule has 1 aromatic carbocycles. The van der Waals surface area contributed by atoms with Gasteiger partial charge < -0.3 is 4.90 Å². The van der Waals surface area contributed by atoms with Gasteiger partial charge in [0, 0.05) is 24.3 Å². The van der Waals surface area contributed by atoms with E-state index in [2.05, 4.69) is 37.0 Å². The molecule has 1 fully saturated rings. The normalized spacial score (nSPS) is 21.0. The molecule has 0 bridgehead atoms. The maximum absolute atomic E-state index is 12.6. The number of hydrogen-bond donors (Lipinski definition) is 0. The summed E-state index contributed by atoms with van der Waals surface area (Å²) in [5, 5.41) is 0. The van der Waals surface area contributed by atoms with Crippen LogP contribution in [0, 0.1) is 0 Å². The molecular weight excluding hydrogens is 272 g/mol. The highest BCUT2D eigenvalue weighted by Crippen LogP contribution is 2.35. The number of nitrogens with zero attached hydrogens (tertiary/aromatic N) is 2. The first-order chi connectivity index (χ1) is 10.5. The van der Waals surface area contributed by atoms with Crippen molar-refractivity contribution in [3.8, 4) is 11.1 Å². The zero-order valence-electron chi connectivity index (χ0n) is 13.4. The molecule has 1 saturated heterocycles. The Morgan fingerprint density at radius 1 is 1.09 bits per heavy atom. The maximum atomic E-state index is 12.6. The van der Waals surface area contributed by atoms with Gasteiger partial charge in [0.15, 0.2) is 0 Å². The number of amides is 1. The topological polar surface area (TPSA) is 33.2 Å². The minimum atomic E-state index is -0.108. The van der Waals surface area contributed by atoms with Crippen molar-refractivity contribution in [3.63, 3.8) is 0 Å². The van der Waals surface area contributed by atoms with E-state index in [4.69, 9.17) is 0 Å². The Balaban J connectivity index is 1.83. The van der Waals surface area contributed by atoms with Crippen molar-refractivity contribution in [2.75, 3.05) is 7.05 Å². The van der Waals surface area contributed by atoms with E-state index in [-0.39, 0.29) is 17.4 Å². The van der Waals surface area contributed by atoms with Crippen LogP contribution in [0.4, 0.5) is 0 Å². The average Bonchev–Trinajstić information content (AvgIpc) is 2.54. The second-order valence-electron chi connectivity index (χ2n) is 6.64. The van der Waals surface area contributed by atoms with Crippen molar-refractivity contribution in [1.82, 2.24) is 9.88 Å². The lowest BCUT2D eigenvalue weighted by Gasteiger charge is -2.42. The van der Waals surface area contributed by atoms with E-state index in [9.17, 15) is 4.79 Å². The minimum Gasteiger partial charge on any atom is -0.340 e. The number of rotatable bonds is 2. The summed E-state index contributed by atoms with van der Waals surface area (Å²) in [6, 6.07) is 14.2. The molecular formula is C19H22N2O. The molecule has 3 heteroatoms. The summed E-state index contributed by atoms with van der Waals surface area (Å²) in [4.78, 5) is 19.0. The Morgan fingerprint density at radius 3 is 2.45 bits per heavy atom.